The summed E-state index contributed by atoms with van der Waals surface area (Å²) in [6.07, 6.45) is 1.88. The van der Waals surface area contributed by atoms with E-state index in [2.05, 4.69) is 46.7 Å². The Bertz CT molecular complexity index is 361. The average molecular weight is 238 g/mol. The fourth-order valence-corrected chi connectivity index (χ4v) is 1.74. The quantitative estimate of drug-likeness (QED) is 0.870. The van der Waals surface area contributed by atoms with Gasteiger partial charge in [0.1, 0.15) is 0 Å². The van der Waals surface area contributed by atoms with Crippen molar-refractivity contribution in [3.63, 3.8) is 0 Å². The van der Waals surface area contributed by atoms with Crippen LogP contribution in [-0.2, 0) is 12.8 Å². The van der Waals surface area contributed by atoms with Crippen molar-refractivity contribution in [1.82, 2.24) is 5.16 Å². The topological polar surface area (TPSA) is 52.0 Å². The Morgan fingerprint density at radius 1 is 1.18 bits per heavy atom. The second-order valence-corrected chi connectivity index (χ2v) is 6.54. The van der Waals surface area contributed by atoms with Gasteiger partial charge < -0.3 is 10.3 Å². The number of nitrogens with two attached hydrogens (primary N) is 1. The van der Waals surface area contributed by atoms with Crippen LogP contribution in [0.25, 0.3) is 0 Å². The summed E-state index contributed by atoms with van der Waals surface area (Å²) in [6, 6.07) is 0. The number of nitrogens with zero attached hydrogens (tertiary/aromatic N) is 1. The van der Waals surface area contributed by atoms with Crippen molar-refractivity contribution < 1.29 is 4.52 Å². The maximum atomic E-state index is 5.85. The van der Waals surface area contributed by atoms with Crippen molar-refractivity contribution in [3.8, 4) is 0 Å². The molecule has 0 radical (unpaired) electrons. The summed E-state index contributed by atoms with van der Waals surface area (Å²) in [7, 11) is 0. The van der Waals surface area contributed by atoms with E-state index in [1.807, 2.05) is 0 Å². The fourth-order valence-electron chi connectivity index (χ4n) is 1.74. The normalized spacial score (nSPS) is 14.3. The molecule has 0 saturated carbocycles. The first kappa shape index (κ1) is 14.1. The molecule has 1 unspecified atom stereocenters. The lowest BCUT2D eigenvalue weighted by atomic mass is 9.79. The molecule has 98 valence electrons. The maximum Gasteiger partial charge on any atom is 0.225 e. The van der Waals surface area contributed by atoms with Crippen LogP contribution >= 0.6 is 0 Å². The molecule has 0 aromatic carbocycles. The number of anilines is 1. The maximum absolute atomic E-state index is 5.85. The van der Waals surface area contributed by atoms with Crippen LogP contribution in [0.3, 0.4) is 0 Å². The molecule has 2 N–H and O–H groups in total. The van der Waals surface area contributed by atoms with Crippen LogP contribution in [0.15, 0.2) is 4.52 Å². The van der Waals surface area contributed by atoms with Crippen molar-refractivity contribution >= 4 is 5.88 Å². The van der Waals surface area contributed by atoms with Gasteiger partial charge in [0.2, 0.25) is 5.88 Å². The largest absolute Gasteiger partial charge is 0.367 e. The molecule has 0 spiro atoms. The van der Waals surface area contributed by atoms with Crippen LogP contribution in [-0.4, -0.2) is 5.16 Å². The van der Waals surface area contributed by atoms with Gasteiger partial charge in [-0.2, -0.15) is 0 Å². The first-order valence-corrected chi connectivity index (χ1v) is 6.44. The molecule has 0 saturated heterocycles. The van der Waals surface area contributed by atoms with E-state index in [0.717, 1.165) is 24.1 Å². The highest BCUT2D eigenvalue weighted by Gasteiger charge is 2.24. The zero-order valence-electron chi connectivity index (χ0n) is 12.0. The summed E-state index contributed by atoms with van der Waals surface area (Å²) in [4.78, 5) is 0. The van der Waals surface area contributed by atoms with Crippen molar-refractivity contribution in [1.29, 1.82) is 0 Å². The number of rotatable bonds is 4. The van der Waals surface area contributed by atoms with E-state index in [0.29, 0.717) is 17.7 Å². The lowest BCUT2D eigenvalue weighted by molar-refractivity contribution is 0.255. The molecular weight excluding hydrogens is 212 g/mol. The van der Waals surface area contributed by atoms with Gasteiger partial charge in [-0.3, -0.25) is 0 Å². The van der Waals surface area contributed by atoms with Crippen LogP contribution in [0, 0.1) is 17.3 Å². The monoisotopic (exact) mass is 238 g/mol. The van der Waals surface area contributed by atoms with Crippen molar-refractivity contribution in [2.45, 2.75) is 54.4 Å². The Morgan fingerprint density at radius 3 is 2.24 bits per heavy atom. The number of hydrogen-bond donors (Lipinski definition) is 1. The Labute approximate surface area is 105 Å². The molecule has 3 nitrogen and oxygen atoms in total. The van der Waals surface area contributed by atoms with Crippen molar-refractivity contribution in [2.24, 2.45) is 17.3 Å². The highest BCUT2D eigenvalue weighted by molar-refractivity contribution is 5.39. The van der Waals surface area contributed by atoms with E-state index in [1.165, 1.54) is 0 Å². The summed E-state index contributed by atoms with van der Waals surface area (Å²) in [6.45, 7) is 13.4. The van der Waals surface area contributed by atoms with Gasteiger partial charge in [0.15, 0.2) is 0 Å². The van der Waals surface area contributed by atoms with Gasteiger partial charge >= 0.3 is 0 Å². The molecule has 0 aliphatic rings. The van der Waals surface area contributed by atoms with Gasteiger partial charge in [0.25, 0.3) is 0 Å². The van der Waals surface area contributed by atoms with Gasteiger partial charge in [0, 0.05) is 5.56 Å². The van der Waals surface area contributed by atoms with E-state index in [1.54, 1.807) is 0 Å². The van der Waals surface area contributed by atoms with E-state index in [-0.39, 0.29) is 5.41 Å². The zero-order chi connectivity index (χ0) is 13.2. The summed E-state index contributed by atoms with van der Waals surface area (Å²) in [5, 5.41) is 4.12. The molecule has 1 aromatic rings. The average Bonchev–Trinajstić information content (AvgIpc) is 2.47. The predicted octanol–water partition coefficient (Wildman–Crippen LogP) is 3.68. The molecule has 0 aliphatic carbocycles. The van der Waals surface area contributed by atoms with Gasteiger partial charge in [0.05, 0.1) is 5.69 Å². The molecule has 1 atom stereocenters. The minimum atomic E-state index is 0.281. The van der Waals surface area contributed by atoms with Crippen LogP contribution in [0.1, 0.15) is 52.8 Å². The third kappa shape index (κ3) is 3.76. The first-order chi connectivity index (χ1) is 7.71. The molecule has 0 fully saturated rings. The Morgan fingerprint density at radius 2 is 1.76 bits per heavy atom. The van der Waals surface area contributed by atoms with Crippen LogP contribution < -0.4 is 5.73 Å². The summed E-state index contributed by atoms with van der Waals surface area (Å²) in [5.41, 5.74) is 8.27. The molecule has 0 aliphatic heterocycles. The first-order valence-electron chi connectivity index (χ1n) is 6.44. The van der Waals surface area contributed by atoms with E-state index in [9.17, 15) is 0 Å². The molecule has 1 heterocycles. The molecule has 1 aromatic heterocycles. The van der Waals surface area contributed by atoms with Gasteiger partial charge in [-0.25, -0.2) is 0 Å². The summed E-state index contributed by atoms with van der Waals surface area (Å²) < 4.78 is 5.14. The van der Waals surface area contributed by atoms with E-state index >= 15 is 0 Å². The second-order valence-electron chi connectivity index (χ2n) is 6.54. The van der Waals surface area contributed by atoms with Crippen molar-refractivity contribution in [3.05, 3.63) is 11.3 Å². The number of aromatic nitrogens is 1. The SMILES string of the molecule is CC(C)Cc1c(CC(C)C(C)(C)C)noc1N. The molecule has 17 heavy (non-hydrogen) atoms. The number of hydrogen-bond acceptors (Lipinski definition) is 3. The van der Waals surface area contributed by atoms with Crippen LogP contribution in [0.5, 0.6) is 0 Å². The highest BCUT2D eigenvalue weighted by Crippen LogP contribution is 2.31. The third-order valence-electron chi connectivity index (χ3n) is 3.49. The highest BCUT2D eigenvalue weighted by atomic mass is 16.5. The molecule has 0 bridgehead atoms. The predicted molar refractivity (Wildman–Crippen MR) is 71.8 cm³/mol. The van der Waals surface area contributed by atoms with Crippen molar-refractivity contribution in [2.75, 3.05) is 5.73 Å². The Kier molecular flexibility index (Phi) is 4.23. The molecular formula is C14H26N2O. The fraction of sp³-hybridized carbons (Fsp3) is 0.786. The lowest BCUT2D eigenvalue weighted by Gasteiger charge is -2.26. The van der Waals surface area contributed by atoms with Gasteiger partial charge in [-0.05, 0) is 30.1 Å². The van der Waals surface area contributed by atoms with Gasteiger partial charge in [-0.15, -0.1) is 0 Å². The van der Waals surface area contributed by atoms with Crippen LogP contribution in [0.2, 0.25) is 0 Å². The Balaban J connectivity index is 2.85. The molecule has 0 amide bonds. The second kappa shape index (κ2) is 5.11. The van der Waals surface area contributed by atoms with Gasteiger partial charge in [-0.1, -0.05) is 46.7 Å². The zero-order valence-corrected chi connectivity index (χ0v) is 12.0. The third-order valence-corrected chi connectivity index (χ3v) is 3.49. The van der Waals surface area contributed by atoms with E-state index < -0.39 is 0 Å². The smallest absolute Gasteiger partial charge is 0.225 e. The van der Waals surface area contributed by atoms with E-state index in [4.69, 9.17) is 10.3 Å². The van der Waals surface area contributed by atoms with Crippen LogP contribution in [0.4, 0.5) is 5.88 Å². The minimum Gasteiger partial charge on any atom is -0.367 e. The summed E-state index contributed by atoms with van der Waals surface area (Å²) in [5.74, 6) is 1.62. The minimum absolute atomic E-state index is 0.281. The molecule has 1 rings (SSSR count). The lowest BCUT2D eigenvalue weighted by Crippen LogP contribution is -2.20. The standard InChI is InChI=1S/C14H26N2O/c1-9(2)7-11-12(16-17-13(11)15)8-10(3)14(4,5)6/h9-10H,7-8,15H2,1-6H3. The number of nitrogen functional groups attached to an aromatic ring is 1. The Hall–Kier alpha value is -0.990. The summed E-state index contributed by atoms with van der Waals surface area (Å²) >= 11 is 0. The molecule has 3 heteroatoms.